The highest BCUT2D eigenvalue weighted by molar-refractivity contribution is 7.23. The molecule has 1 amide bonds. The van der Waals surface area contributed by atoms with Crippen LogP contribution in [0.15, 0.2) is 54.6 Å². The lowest BCUT2D eigenvalue weighted by Gasteiger charge is -2.23. The van der Waals surface area contributed by atoms with E-state index in [0.717, 1.165) is 43.2 Å². The fourth-order valence-electron chi connectivity index (χ4n) is 4.13. The fraction of sp³-hybridized carbons (Fsp3) is 0.160. The zero-order valence-corrected chi connectivity index (χ0v) is 18.2. The fourth-order valence-corrected chi connectivity index (χ4v) is 5.35. The van der Waals surface area contributed by atoms with Crippen molar-refractivity contribution >= 4 is 38.3 Å². The van der Waals surface area contributed by atoms with Crippen LogP contribution in [0.25, 0.3) is 10.2 Å². The van der Waals surface area contributed by atoms with Crippen LogP contribution >= 0.6 is 11.3 Å². The number of amides is 1. The lowest BCUT2D eigenvalue weighted by atomic mass is 9.86. The SMILES string of the molecule is Cc1c(C#N)c(N)nc2c3c(sc12)NC(=O)CC3c1ccc(OCc2ccccc2)cc1. The van der Waals surface area contributed by atoms with Gasteiger partial charge in [0, 0.05) is 17.9 Å². The maximum Gasteiger partial charge on any atom is 0.225 e. The molecule has 0 radical (unpaired) electrons. The van der Waals surface area contributed by atoms with Crippen LogP contribution in [-0.4, -0.2) is 10.9 Å². The van der Waals surface area contributed by atoms with Gasteiger partial charge in [-0.1, -0.05) is 42.5 Å². The molecule has 1 unspecified atom stereocenters. The number of pyridine rings is 1. The Bertz CT molecular complexity index is 1370. The van der Waals surface area contributed by atoms with Gasteiger partial charge >= 0.3 is 0 Å². The number of anilines is 2. The van der Waals surface area contributed by atoms with E-state index in [0.29, 0.717) is 18.6 Å². The molecular formula is C25H20N4O2S. The van der Waals surface area contributed by atoms with Gasteiger partial charge in [0.05, 0.1) is 15.8 Å². The van der Waals surface area contributed by atoms with Crippen molar-refractivity contribution in [2.75, 3.05) is 11.1 Å². The number of aromatic nitrogens is 1. The van der Waals surface area contributed by atoms with Crippen molar-refractivity contribution in [1.29, 1.82) is 5.26 Å². The van der Waals surface area contributed by atoms with E-state index in [-0.39, 0.29) is 17.6 Å². The number of fused-ring (bicyclic) bond motifs is 3. The molecule has 158 valence electrons. The molecular weight excluding hydrogens is 420 g/mol. The first-order chi connectivity index (χ1) is 15.5. The van der Waals surface area contributed by atoms with Crippen LogP contribution in [0.5, 0.6) is 5.75 Å². The normalized spacial score (nSPS) is 15.1. The van der Waals surface area contributed by atoms with Gasteiger partial charge in [0.15, 0.2) is 0 Å². The third kappa shape index (κ3) is 3.45. The summed E-state index contributed by atoms with van der Waals surface area (Å²) in [6.07, 6.45) is 0.323. The molecule has 0 aliphatic carbocycles. The van der Waals surface area contributed by atoms with Crippen LogP contribution in [-0.2, 0) is 11.4 Å². The predicted octanol–water partition coefficient (Wildman–Crippen LogP) is 5.11. The lowest BCUT2D eigenvalue weighted by Crippen LogP contribution is -2.22. The molecule has 6 nitrogen and oxygen atoms in total. The van der Waals surface area contributed by atoms with Crippen LogP contribution in [0.1, 0.15) is 40.2 Å². The smallest absolute Gasteiger partial charge is 0.225 e. The van der Waals surface area contributed by atoms with E-state index in [1.807, 2.05) is 61.5 Å². The maximum absolute atomic E-state index is 12.5. The second-order valence-electron chi connectivity index (χ2n) is 7.78. The van der Waals surface area contributed by atoms with E-state index < -0.39 is 0 Å². The number of rotatable bonds is 4. The van der Waals surface area contributed by atoms with Gasteiger partial charge in [-0.15, -0.1) is 11.3 Å². The second kappa shape index (κ2) is 7.98. The van der Waals surface area contributed by atoms with Gasteiger partial charge in [-0.25, -0.2) is 4.98 Å². The molecule has 5 rings (SSSR count). The molecule has 3 N–H and O–H groups in total. The Balaban J connectivity index is 1.50. The van der Waals surface area contributed by atoms with Gasteiger partial charge in [0.2, 0.25) is 5.91 Å². The van der Waals surface area contributed by atoms with E-state index >= 15 is 0 Å². The lowest BCUT2D eigenvalue weighted by molar-refractivity contribution is -0.116. The van der Waals surface area contributed by atoms with Gasteiger partial charge in [-0.3, -0.25) is 4.79 Å². The quantitative estimate of drug-likeness (QED) is 0.459. The number of nitrogens with two attached hydrogens (primary N) is 1. The molecule has 7 heteroatoms. The summed E-state index contributed by atoms with van der Waals surface area (Å²) in [7, 11) is 0. The number of carbonyl (C=O) groups excluding carboxylic acids is 1. The number of carbonyl (C=O) groups is 1. The predicted molar refractivity (Wildman–Crippen MR) is 126 cm³/mol. The van der Waals surface area contributed by atoms with Crippen LogP contribution in [0, 0.1) is 18.3 Å². The first-order valence-corrected chi connectivity index (χ1v) is 11.1. The zero-order valence-electron chi connectivity index (χ0n) is 17.4. The summed E-state index contributed by atoms with van der Waals surface area (Å²) in [5.41, 5.74) is 11.1. The number of hydrogen-bond acceptors (Lipinski definition) is 6. The molecule has 1 aliphatic heterocycles. The van der Waals surface area contributed by atoms with Crippen molar-refractivity contribution in [3.05, 3.63) is 82.4 Å². The summed E-state index contributed by atoms with van der Waals surface area (Å²) in [4.78, 5) is 17.0. The molecule has 0 bridgehead atoms. The van der Waals surface area contributed by atoms with Crippen molar-refractivity contribution in [3.63, 3.8) is 0 Å². The molecule has 0 spiro atoms. The van der Waals surface area contributed by atoms with Gasteiger partial charge in [-0.2, -0.15) is 5.26 Å². The van der Waals surface area contributed by atoms with Crippen LogP contribution < -0.4 is 15.8 Å². The Labute approximate surface area is 189 Å². The molecule has 4 aromatic rings. The minimum absolute atomic E-state index is 0.0374. The number of nitrogen functional groups attached to an aromatic ring is 1. The number of thiophene rings is 1. The first kappa shape index (κ1) is 20.0. The third-order valence-electron chi connectivity index (χ3n) is 5.76. The summed E-state index contributed by atoms with van der Waals surface area (Å²) < 4.78 is 6.79. The van der Waals surface area contributed by atoms with E-state index in [1.165, 1.54) is 11.3 Å². The largest absolute Gasteiger partial charge is 0.489 e. The van der Waals surface area contributed by atoms with Crippen molar-refractivity contribution in [2.24, 2.45) is 0 Å². The summed E-state index contributed by atoms with van der Waals surface area (Å²) in [6, 6.07) is 20.0. The molecule has 0 saturated heterocycles. The standard InChI is InChI=1S/C25H20N4O2S/c1-14-19(12-26)24(27)29-22-21-18(11-20(30)28-25(21)32-23(14)22)16-7-9-17(10-8-16)31-13-15-5-3-2-4-6-15/h2-10,18H,11,13H2,1H3,(H2,27,29)(H,28,30). The molecule has 2 aromatic carbocycles. The zero-order chi connectivity index (χ0) is 22.2. The number of aryl methyl sites for hydroxylation is 1. The highest BCUT2D eigenvalue weighted by atomic mass is 32.1. The molecule has 1 aliphatic rings. The minimum Gasteiger partial charge on any atom is -0.489 e. The van der Waals surface area contributed by atoms with Crippen molar-refractivity contribution in [2.45, 2.75) is 25.9 Å². The van der Waals surface area contributed by atoms with Crippen molar-refractivity contribution in [1.82, 2.24) is 4.98 Å². The third-order valence-corrected chi connectivity index (χ3v) is 6.99. The summed E-state index contributed by atoms with van der Waals surface area (Å²) in [6.45, 7) is 2.37. The van der Waals surface area contributed by atoms with Crippen LogP contribution in [0.4, 0.5) is 10.8 Å². The van der Waals surface area contributed by atoms with Crippen LogP contribution in [0.3, 0.4) is 0 Å². The van der Waals surface area contributed by atoms with Gasteiger partial charge < -0.3 is 15.8 Å². The average Bonchev–Trinajstić information content (AvgIpc) is 3.17. The monoisotopic (exact) mass is 440 g/mol. The van der Waals surface area contributed by atoms with E-state index in [4.69, 9.17) is 10.5 Å². The maximum atomic E-state index is 12.5. The second-order valence-corrected chi connectivity index (χ2v) is 8.80. The number of nitriles is 1. The molecule has 0 saturated carbocycles. The van der Waals surface area contributed by atoms with Gasteiger partial charge in [0.1, 0.15) is 29.2 Å². The Morgan fingerprint density at radius 2 is 1.97 bits per heavy atom. The number of nitrogens with zero attached hydrogens (tertiary/aromatic N) is 2. The van der Waals surface area contributed by atoms with E-state index in [9.17, 15) is 10.1 Å². The number of ether oxygens (including phenoxy) is 1. The van der Waals surface area contributed by atoms with Crippen molar-refractivity contribution < 1.29 is 9.53 Å². The Morgan fingerprint density at radius 3 is 2.69 bits per heavy atom. The number of benzene rings is 2. The Morgan fingerprint density at radius 1 is 1.22 bits per heavy atom. The van der Waals surface area contributed by atoms with Crippen LogP contribution in [0.2, 0.25) is 0 Å². The minimum atomic E-state index is -0.144. The summed E-state index contributed by atoms with van der Waals surface area (Å²) in [5, 5.41) is 13.2. The Hall–Kier alpha value is -3.89. The van der Waals surface area contributed by atoms with E-state index in [1.54, 1.807) is 0 Å². The van der Waals surface area contributed by atoms with Gasteiger partial charge in [0.25, 0.3) is 0 Å². The average molecular weight is 441 g/mol. The molecule has 0 fully saturated rings. The molecule has 3 heterocycles. The van der Waals surface area contributed by atoms with E-state index in [2.05, 4.69) is 16.4 Å². The Kier molecular flexibility index (Phi) is 5.00. The molecule has 2 aromatic heterocycles. The van der Waals surface area contributed by atoms with Gasteiger partial charge in [-0.05, 0) is 35.7 Å². The van der Waals surface area contributed by atoms with Crippen molar-refractivity contribution in [3.8, 4) is 11.8 Å². The molecule has 1 atom stereocenters. The highest BCUT2D eigenvalue weighted by Gasteiger charge is 2.32. The number of hydrogen-bond donors (Lipinski definition) is 2. The topological polar surface area (TPSA) is 101 Å². The summed E-state index contributed by atoms with van der Waals surface area (Å²) in [5.74, 6) is 0.808. The number of nitrogens with one attached hydrogen (secondary N) is 1. The highest BCUT2D eigenvalue weighted by Crippen LogP contribution is 2.47. The molecule has 32 heavy (non-hydrogen) atoms. The first-order valence-electron chi connectivity index (χ1n) is 10.2. The summed E-state index contributed by atoms with van der Waals surface area (Å²) >= 11 is 1.45.